The number of methoxy groups -OCH3 is 1. The van der Waals surface area contributed by atoms with Gasteiger partial charge in [-0.05, 0) is 60.7 Å². The van der Waals surface area contributed by atoms with Crippen molar-refractivity contribution in [2.45, 2.75) is 0 Å². The Morgan fingerprint density at radius 1 is 0.906 bits per heavy atom. The molecule has 8 heteroatoms. The van der Waals surface area contributed by atoms with Gasteiger partial charge in [-0.3, -0.25) is 9.59 Å². The number of hydrogen-bond acceptors (Lipinski definition) is 4. The molecular formula is C24H18BrFN2O4. The Kier molecular flexibility index (Phi) is 7.51. The fraction of sp³-hybridized carbons (Fsp3) is 0.0417. The van der Waals surface area contributed by atoms with Crippen LogP contribution in [0.1, 0.15) is 26.3 Å². The van der Waals surface area contributed by atoms with Crippen LogP contribution in [0.25, 0.3) is 6.08 Å². The first-order valence-corrected chi connectivity index (χ1v) is 10.2. The average Bonchev–Trinajstić information content (AvgIpc) is 2.80. The highest BCUT2D eigenvalue weighted by Gasteiger charge is 2.16. The van der Waals surface area contributed by atoms with Crippen molar-refractivity contribution in [3.8, 4) is 0 Å². The molecule has 0 atom stereocenters. The van der Waals surface area contributed by atoms with Crippen LogP contribution in [0.3, 0.4) is 0 Å². The lowest BCUT2D eigenvalue weighted by Gasteiger charge is -2.12. The number of nitrogens with one attached hydrogen (secondary N) is 2. The number of carbonyl (C=O) groups is 3. The van der Waals surface area contributed by atoms with E-state index in [2.05, 4.69) is 31.3 Å². The summed E-state index contributed by atoms with van der Waals surface area (Å²) < 4.78 is 19.6. The highest BCUT2D eigenvalue weighted by Crippen LogP contribution is 2.16. The van der Waals surface area contributed by atoms with Gasteiger partial charge in [0.05, 0.1) is 12.7 Å². The largest absolute Gasteiger partial charge is 0.465 e. The molecule has 0 aliphatic heterocycles. The third kappa shape index (κ3) is 5.89. The van der Waals surface area contributed by atoms with Gasteiger partial charge in [0.1, 0.15) is 11.5 Å². The van der Waals surface area contributed by atoms with Crippen molar-refractivity contribution in [3.63, 3.8) is 0 Å². The summed E-state index contributed by atoms with van der Waals surface area (Å²) in [5.41, 5.74) is 0.994. The third-order valence-electron chi connectivity index (χ3n) is 4.37. The molecule has 0 saturated heterocycles. The van der Waals surface area contributed by atoms with E-state index in [1.165, 1.54) is 55.7 Å². The van der Waals surface area contributed by atoms with Gasteiger partial charge in [-0.25, -0.2) is 9.18 Å². The van der Waals surface area contributed by atoms with Gasteiger partial charge in [0, 0.05) is 21.3 Å². The molecule has 0 heterocycles. The maximum absolute atomic E-state index is 14.2. The second kappa shape index (κ2) is 10.5. The molecule has 0 aliphatic carbocycles. The van der Waals surface area contributed by atoms with E-state index in [-0.39, 0.29) is 11.3 Å². The van der Waals surface area contributed by atoms with Crippen molar-refractivity contribution in [3.05, 3.63) is 105 Å². The third-order valence-corrected chi connectivity index (χ3v) is 4.90. The van der Waals surface area contributed by atoms with E-state index in [9.17, 15) is 18.8 Å². The van der Waals surface area contributed by atoms with Crippen molar-refractivity contribution in [2.75, 3.05) is 12.4 Å². The summed E-state index contributed by atoms with van der Waals surface area (Å²) in [4.78, 5) is 37.1. The standard InChI is InChI=1S/C24H18BrFN2O4/c1-32-24(31)16-8-12-19(13-9-16)27-23(30)21(14-17-4-2-3-5-20(17)26)28-22(29)15-6-10-18(25)11-7-15/h2-14H,1H3,(H,27,30)(H,28,29)/b21-14-. The van der Waals surface area contributed by atoms with Crippen LogP contribution in [-0.2, 0) is 9.53 Å². The van der Waals surface area contributed by atoms with Crippen molar-refractivity contribution in [2.24, 2.45) is 0 Å². The van der Waals surface area contributed by atoms with Gasteiger partial charge >= 0.3 is 5.97 Å². The molecule has 0 unspecified atom stereocenters. The summed E-state index contributed by atoms with van der Waals surface area (Å²) in [6.45, 7) is 0. The van der Waals surface area contributed by atoms with Gasteiger partial charge in [-0.1, -0.05) is 34.1 Å². The Labute approximate surface area is 192 Å². The lowest BCUT2D eigenvalue weighted by molar-refractivity contribution is -0.113. The fourth-order valence-corrected chi connectivity index (χ4v) is 2.97. The normalized spacial score (nSPS) is 10.9. The Balaban J connectivity index is 1.86. The molecule has 32 heavy (non-hydrogen) atoms. The van der Waals surface area contributed by atoms with Crippen molar-refractivity contribution in [1.29, 1.82) is 0 Å². The van der Waals surface area contributed by atoms with Crippen LogP contribution in [0.5, 0.6) is 0 Å². The fourth-order valence-electron chi connectivity index (χ4n) is 2.71. The Bertz CT molecular complexity index is 1180. The maximum Gasteiger partial charge on any atom is 0.337 e. The number of esters is 1. The van der Waals surface area contributed by atoms with E-state index in [1.807, 2.05) is 0 Å². The van der Waals surface area contributed by atoms with Gasteiger partial charge < -0.3 is 15.4 Å². The predicted octanol–water partition coefficient (Wildman–Crippen LogP) is 4.78. The molecule has 6 nitrogen and oxygen atoms in total. The number of ether oxygens (including phenoxy) is 1. The molecule has 3 aromatic carbocycles. The number of amides is 2. The number of anilines is 1. The van der Waals surface area contributed by atoms with Gasteiger partial charge in [0.2, 0.25) is 0 Å². The van der Waals surface area contributed by atoms with E-state index in [0.717, 1.165) is 4.47 Å². The SMILES string of the molecule is COC(=O)c1ccc(NC(=O)/C(=C/c2ccccc2F)NC(=O)c2ccc(Br)cc2)cc1. The average molecular weight is 497 g/mol. The van der Waals surface area contributed by atoms with Crippen LogP contribution >= 0.6 is 15.9 Å². The molecule has 2 N–H and O–H groups in total. The Hall–Kier alpha value is -3.78. The number of hydrogen-bond donors (Lipinski definition) is 2. The van der Waals surface area contributed by atoms with E-state index in [0.29, 0.717) is 16.8 Å². The number of halogens is 2. The van der Waals surface area contributed by atoms with Crippen LogP contribution in [-0.4, -0.2) is 24.9 Å². The van der Waals surface area contributed by atoms with E-state index in [1.54, 1.807) is 30.3 Å². The summed E-state index contributed by atoms with van der Waals surface area (Å²) in [6, 6.07) is 18.4. The first kappa shape index (κ1) is 22.9. The van der Waals surface area contributed by atoms with Crippen LogP contribution in [0.15, 0.2) is 83.0 Å². The summed E-state index contributed by atoms with van der Waals surface area (Å²) in [5.74, 6) is -2.25. The minimum atomic E-state index is -0.662. The zero-order valence-electron chi connectivity index (χ0n) is 16.9. The quantitative estimate of drug-likeness (QED) is 0.379. The number of carbonyl (C=O) groups excluding carboxylic acids is 3. The molecule has 162 valence electrons. The van der Waals surface area contributed by atoms with Crippen molar-refractivity contribution in [1.82, 2.24) is 5.32 Å². The Morgan fingerprint density at radius 3 is 2.16 bits per heavy atom. The second-order valence-electron chi connectivity index (χ2n) is 6.56. The molecular weight excluding hydrogens is 479 g/mol. The van der Waals surface area contributed by atoms with Crippen LogP contribution in [0, 0.1) is 5.82 Å². The lowest BCUT2D eigenvalue weighted by atomic mass is 10.1. The van der Waals surface area contributed by atoms with E-state index >= 15 is 0 Å². The molecule has 3 rings (SSSR count). The van der Waals surface area contributed by atoms with E-state index in [4.69, 9.17) is 0 Å². The van der Waals surface area contributed by atoms with E-state index < -0.39 is 23.6 Å². The van der Waals surface area contributed by atoms with Crippen LogP contribution < -0.4 is 10.6 Å². The van der Waals surface area contributed by atoms with Gasteiger partial charge in [0.15, 0.2) is 0 Å². The summed E-state index contributed by atoms with van der Waals surface area (Å²) in [7, 11) is 1.27. The van der Waals surface area contributed by atoms with Gasteiger partial charge in [-0.15, -0.1) is 0 Å². The highest BCUT2D eigenvalue weighted by atomic mass is 79.9. The minimum Gasteiger partial charge on any atom is -0.465 e. The molecule has 0 aromatic heterocycles. The summed E-state index contributed by atoms with van der Waals surface area (Å²) in [5, 5.41) is 5.17. The van der Waals surface area contributed by atoms with Gasteiger partial charge in [-0.2, -0.15) is 0 Å². The smallest absolute Gasteiger partial charge is 0.337 e. The molecule has 0 spiro atoms. The van der Waals surface area contributed by atoms with Crippen molar-refractivity contribution < 1.29 is 23.5 Å². The molecule has 0 aliphatic rings. The monoisotopic (exact) mass is 496 g/mol. The molecule has 0 radical (unpaired) electrons. The lowest BCUT2D eigenvalue weighted by Crippen LogP contribution is -2.30. The van der Waals surface area contributed by atoms with Gasteiger partial charge in [0.25, 0.3) is 11.8 Å². The zero-order chi connectivity index (χ0) is 23.1. The maximum atomic E-state index is 14.2. The first-order chi connectivity index (χ1) is 15.4. The molecule has 0 saturated carbocycles. The Morgan fingerprint density at radius 2 is 1.53 bits per heavy atom. The van der Waals surface area contributed by atoms with Crippen LogP contribution in [0.4, 0.5) is 10.1 Å². The number of benzene rings is 3. The highest BCUT2D eigenvalue weighted by molar-refractivity contribution is 9.10. The van der Waals surface area contributed by atoms with Crippen molar-refractivity contribution >= 4 is 45.5 Å². The molecule has 0 fully saturated rings. The predicted molar refractivity (Wildman–Crippen MR) is 122 cm³/mol. The molecule has 3 aromatic rings. The molecule has 2 amide bonds. The second-order valence-corrected chi connectivity index (χ2v) is 7.48. The van der Waals surface area contributed by atoms with Crippen LogP contribution in [0.2, 0.25) is 0 Å². The summed E-state index contributed by atoms with van der Waals surface area (Å²) in [6.07, 6.45) is 1.25. The molecule has 0 bridgehead atoms. The first-order valence-electron chi connectivity index (χ1n) is 9.40. The topological polar surface area (TPSA) is 84.5 Å². The summed E-state index contributed by atoms with van der Waals surface area (Å²) >= 11 is 3.30. The zero-order valence-corrected chi connectivity index (χ0v) is 18.5. The number of rotatable bonds is 6. The minimum absolute atomic E-state index is 0.134.